The Morgan fingerprint density at radius 3 is 2.50 bits per heavy atom. The van der Waals surface area contributed by atoms with E-state index in [1.807, 2.05) is 24.0 Å². The zero-order chi connectivity index (χ0) is 29.6. The first-order valence-electron chi connectivity index (χ1n) is 15.5. The summed E-state index contributed by atoms with van der Waals surface area (Å²) in [6.07, 6.45) is 3.64. The number of hydrogen-bond donors (Lipinski definition) is 3. The molecular weight excluding hydrogens is 535 g/mol. The summed E-state index contributed by atoms with van der Waals surface area (Å²) in [4.78, 5) is 22.1. The van der Waals surface area contributed by atoms with Gasteiger partial charge in [-0.05, 0) is 87.5 Å². The van der Waals surface area contributed by atoms with Gasteiger partial charge >= 0.3 is 0 Å². The lowest BCUT2D eigenvalue weighted by Crippen LogP contribution is -2.55. The third kappa shape index (κ3) is 7.34. The Morgan fingerprint density at radius 1 is 1.05 bits per heavy atom. The van der Waals surface area contributed by atoms with E-state index >= 15 is 0 Å². The summed E-state index contributed by atoms with van der Waals surface area (Å²) in [6, 6.07) is 10.3. The number of hydrogen-bond acceptors (Lipinski definition) is 8. The largest absolute Gasteiger partial charge is 0.508 e. The highest BCUT2D eigenvalue weighted by Gasteiger charge is 2.33. The van der Waals surface area contributed by atoms with E-state index in [4.69, 9.17) is 16.2 Å². The van der Waals surface area contributed by atoms with Gasteiger partial charge in [0.05, 0.1) is 12.6 Å². The van der Waals surface area contributed by atoms with E-state index in [1.165, 1.54) is 11.8 Å². The molecule has 10 heteroatoms. The molecule has 0 saturated carbocycles. The van der Waals surface area contributed by atoms with Crippen molar-refractivity contribution in [3.63, 3.8) is 0 Å². The number of amides is 1. The number of carbonyl (C=O) groups excluding carboxylic acids is 1. The van der Waals surface area contributed by atoms with Crippen LogP contribution in [0.15, 0.2) is 36.4 Å². The molecule has 0 unspecified atom stereocenters. The lowest BCUT2D eigenvalue weighted by atomic mass is 9.88. The summed E-state index contributed by atoms with van der Waals surface area (Å²) in [7, 11) is 0. The third-order valence-corrected chi connectivity index (χ3v) is 9.19. The first-order valence-corrected chi connectivity index (χ1v) is 15.5. The minimum absolute atomic E-state index is 0.0298. The number of piperidine rings is 1. The van der Waals surface area contributed by atoms with Crippen LogP contribution in [0.25, 0.3) is 0 Å². The van der Waals surface area contributed by atoms with E-state index in [0.717, 1.165) is 64.0 Å². The summed E-state index contributed by atoms with van der Waals surface area (Å²) in [5.74, 6) is 0.821. The number of phenols is 1. The number of piperazine rings is 1. The van der Waals surface area contributed by atoms with E-state index in [1.54, 1.807) is 18.2 Å². The van der Waals surface area contributed by atoms with Crippen LogP contribution in [0.4, 0.5) is 10.1 Å². The van der Waals surface area contributed by atoms with Crippen LogP contribution >= 0.6 is 0 Å². The fourth-order valence-electron chi connectivity index (χ4n) is 6.65. The van der Waals surface area contributed by atoms with Crippen LogP contribution in [0.1, 0.15) is 37.3 Å². The Labute approximate surface area is 249 Å². The van der Waals surface area contributed by atoms with Crippen molar-refractivity contribution in [2.75, 3.05) is 70.4 Å². The van der Waals surface area contributed by atoms with Crippen molar-refractivity contribution in [3.05, 3.63) is 53.3 Å². The lowest BCUT2D eigenvalue weighted by Gasteiger charge is -2.39. The highest BCUT2D eigenvalue weighted by atomic mass is 19.1. The molecule has 3 fully saturated rings. The first kappa shape index (κ1) is 30.5. The zero-order valence-electron chi connectivity index (χ0n) is 24.9. The maximum Gasteiger partial charge on any atom is 0.239 e. The van der Waals surface area contributed by atoms with Gasteiger partial charge in [0.2, 0.25) is 5.91 Å². The number of rotatable bonds is 10. The third-order valence-electron chi connectivity index (χ3n) is 9.19. The number of halogens is 1. The molecule has 0 aliphatic carbocycles. The number of ether oxygens (including phenoxy) is 1. The number of carbonyl (C=O) groups is 1. The van der Waals surface area contributed by atoms with Crippen molar-refractivity contribution >= 4 is 11.6 Å². The molecule has 0 bridgehead atoms. The average molecular weight is 583 g/mol. The van der Waals surface area contributed by atoms with Crippen LogP contribution < -0.4 is 21.1 Å². The molecule has 0 radical (unpaired) electrons. The molecule has 3 aliphatic heterocycles. The molecule has 230 valence electrons. The van der Waals surface area contributed by atoms with Crippen LogP contribution in [0, 0.1) is 11.7 Å². The van der Waals surface area contributed by atoms with Crippen LogP contribution in [-0.4, -0.2) is 103 Å². The predicted molar refractivity (Wildman–Crippen MR) is 163 cm³/mol. The van der Waals surface area contributed by atoms with Gasteiger partial charge in [-0.25, -0.2) is 4.39 Å². The van der Waals surface area contributed by atoms with Gasteiger partial charge in [0, 0.05) is 69.7 Å². The number of nitrogens with zero attached hydrogens (tertiary/aromatic N) is 4. The molecule has 3 heterocycles. The van der Waals surface area contributed by atoms with Crippen LogP contribution in [0.5, 0.6) is 11.5 Å². The first-order chi connectivity index (χ1) is 20.3. The average Bonchev–Trinajstić information content (AvgIpc) is 3.43. The fourth-order valence-corrected chi connectivity index (χ4v) is 6.65. The van der Waals surface area contributed by atoms with Gasteiger partial charge in [-0.15, -0.1) is 0 Å². The number of likely N-dealkylation sites (tertiary alicyclic amines) is 1. The molecule has 5 rings (SSSR count). The summed E-state index contributed by atoms with van der Waals surface area (Å²) in [5.41, 5.74) is 15.6. The standard InChI is InChI=1S/C32H47FN6O3/c1-2-42-30-5-3-4-28(33)27(30)22-37-16-18-38(19-17-37)32(41)31(35)23-8-12-36(13-9-23)14-10-24-20-26(40)6-7-29(24)39-15-11-25(34)21-39/h3-7,20,23,25,31,40H,2,8-19,21-22,34-35H2,1H3/t25-,31+/m0/s1. The molecule has 2 aromatic carbocycles. The highest BCUT2D eigenvalue weighted by molar-refractivity contribution is 5.82. The SMILES string of the molecule is CCOc1cccc(F)c1CN1CCN(C(=O)[C@H](N)C2CCN(CCc3cc(O)ccc3N3CC[C@H](N)C3)CC2)CC1. The van der Waals surface area contributed by atoms with Crippen molar-refractivity contribution < 1.29 is 19.0 Å². The fraction of sp³-hybridized carbons (Fsp3) is 0.594. The molecule has 42 heavy (non-hydrogen) atoms. The molecule has 5 N–H and O–H groups in total. The van der Waals surface area contributed by atoms with Crippen molar-refractivity contribution in [1.29, 1.82) is 0 Å². The van der Waals surface area contributed by atoms with Crippen molar-refractivity contribution in [2.24, 2.45) is 17.4 Å². The molecule has 3 aliphatic rings. The van der Waals surface area contributed by atoms with Gasteiger partial charge in [-0.2, -0.15) is 0 Å². The summed E-state index contributed by atoms with van der Waals surface area (Å²) in [5, 5.41) is 10.1. The normalized spacial score (nSPS) is 21.6. The maximum absolute atomic E-state index is 14.5. The van der Waals surface area contributed by atoms with Crippen LogP contribution in [0.2, 0.25) is 0 Å². The van der Waals surface area contributed by atoms with E-state index in [2.05, 4.69) is 14.7 Å². The number of benzene rings is 2. The minimum atomic E-state index is -0.494. The Hall–Kier alpha value is -2.92. The smallest absolute Gasteiger partial charge is 0.239 e. The summed E-state index contributed by atoms with van der Waals surface area (Å²) < 4.78 is 20.1. The van der Waals surface area contributed by atoms with Gasteiger partial charge in [0.1, 0.15) is 17.3 Å². The van der Waals surface area contributed by atoms with Crippen LogP contribution in [-0.2, 0) is 17.8 Å². The monoisotopic (exact) mass is 582 g/mol. The summed E-state index contributed by atoms with van der Waals surface area (Å²) >= 11 is 0. The highest BCUT2D eigenvalue weighted by Crippen LogP contribution is 2.29. The van der Waals surface area contributed by atoms with E-state index < -0.39 is 6.04 Å². The van der Waals surface area contributed by atoms with Gasteiger partial charge in [-0.3, -0.25) is 9.69 Å². The molecule has 2 atom stereocenters. The van der Waals surface area contributed by atoms with Gasteiger partial charge in [0.25, 0.3) is 0 Å². The Balaban J connectivity index is 1.07. The second kappa shape index (κ2) is 14.0. The van der Waals surface area contributed by atoms with E-state index in [0.29, 0.717) is 56.4 Å². The molecule has 0 aromatic heterocycles. The maximum atomic E-state index is 14.5. The molecular formula is C32H47FN6O3. The number of anilines is 1. The Morgan fingerprint density at radius 2 is 1.81 bits per heavy atom. The van der Waals surface area contributed by atoms with E-state index in [9.17, 15) is 14.3 Å². The van der Waals surface area contributed by atoms with Gasteiger partial charge in [-0.1, -0.05) is 6.07 Å². The van der Waals surface area contributed by atoms with Crippen molar-refractivity contribution in [1.82, 2.24) is 14.7 Å². The second-order valence-electron chi connectivity index (χ2n) is 12.0. The van der Waals surface area contributed by atoms with E-state index in [-0.39, 0.29) is 23.7 Å². The van der Waals surface area contributed by atoms with Crippen LogP contribution in [0.3, 0.4) is 0 Å². The quantitative estimate of drug-likeness (QED) is 0.392. The zero-order valence-corrected chi connectivity index (χ0v) is 24.9. The number of phenolic OH excluding ortho intramolecular Hbond substituents is 1. The molecule has 1 amide bonds. The van der Waals surface area contributed by atoms with Crippen molar-refractivity contribution in [3.8, 4) is 11.5 Å². The molecule has 9 nitrogen and oxygen atoms in total. The topological polar surface area (TPSA) is 112 Å². The molecule has 2 aromatic rings. The summed E-state index contributed by atoms with van der Waals surface area (Å²) in [6.45, 7) is 9.92. The van der Waals surface area contributed by atoms with Gasteiger partial charge in [0.15, 0.2) is 0 Å². The molecule has 0 spiro atoms. The van der Waals surface area contributed by atoms with Crippen molar-refractivity contribution in [2.45, 2.75) is 51.2 Å². The Kier molecular flexibility index (Phi) is 10.2. The predicted octanol–water partition coefficient (Wildman–Crippen LogP) is 2.39. The lowest BCUT2D eigenvalue weighted by molar-refractivity contribution is -0.136. The number of nitrogens with two attached hydrogens (primary N) is 2. The number of aromatic hydroxyl groups is 1. The Bertz CT molecular complexity index is 1200. The minimum Gasteiger partial charge on any atom is -0.508 e. The molecule has 3 saturated heterocycles. The second-order valence-corrected chi connectivity index (χ2v) is 12.0. The van der Waals surface area contributed by atoms with Gasteiger partial charge < -0.3 is 36.0 Å².